The van der Waals surface area contributed by atoms with Crippen molar-refractivity contribution in [3.63, 3.8) is 0 Å². The molecule has 5 N–H and O–H groups in total. The van der Waals surface area contributed by atoms with Gasteiger partial charge in [-0.05, 0) is 83.9 Å². The minimum absolute atomic E-state index is 0.452. The van der Waals surface area contributed by atoms with Crippen LogP contribution < -0.4 is 16.9 Å². The number of hydrogen-bond donors (Lipinski definition) is 3. The summed E-state index contributed by atoms with van der Waals surface area (Å²) in [5, 5.41) is 9.64. The molecular weight excluding hydrogens is 505 g/mol. The Kier molecular flexibility index (Phi) is 8.86. The largest absolute Gasteiger partial charge is 0.383 e. The highest BCUT2D eigenvalue weighted by atomic mass is 35.5. The van der Waals surface area contributed by atoms with E-state index in [1.807, 2.05) is 97.1 Å². The Hall–Kier alpha value is -4.20. The van der Waals surface area contributed by atoms with Crippen molar-refractivity contribution in [1.82, 2.24) is 0 Å². The van der Waals surface area contributed by atoms with Crippen LogP contribution in [0.4, 0.5) is 11.4 Å². The maximum absolute atomic E-state index is 6.13. The molecule has 4 aromatic rings. The van der Waals surface area contributed by atoms with E-state index in [0.717, 1.165) is 27.9 Å². The van der Waals surface area contributed by atoms with E-state index < -0.39 is 0 Å². The molecule has 4 rings (SSSR count). The monoisotopic (exact) mass is 529 g/mol. The molecule has 0 aromatic heterocycles. The fourth-order valence-electron chi connectivity index (χ4n) is 3.27. The minimum Gasteiger partial charge on any atom is -0.383 e. The van der Waals surface area contributed by atoms with Gasteiger partial charge in [-0.25, -0.2) is 0 Å². The van der Waals surface area contributed by atoms with Crippen molar-refractivity contribution in [2.45, 2.75) is 13.1 Å². The number of nitrogens with one attached hydrogen (secondary N) is 1. The summed E-state index contributed by atoms with van der Waals surface area (Å²) in [4.78, 5) is 8.88. The second kappa shape index (κ2) is 12.7. The van der Waals surface area contributed by atoms with Crippen LogP contribution in [0.1, 0.15) is 22.3 Å². The lowest BCUT2D eigenvalue weighted by molar-refractivity contribution is 1.06. The molecule has 0 fully saturated rings. The van der Waals surface area contributed by atoms with Crippen molar-refractivity contribution < 1.29 is 0 Å². The predicted octanol–water partition coefficient (Wildman–Crippen LogP) is 6.92. The zero-order chi connectivity index (χ0) is 26.0. The van der Waals surface area contributed by atoms with Crippen LogP contribution in [-0.2, 0) is 13.1 Å². The lowest BCUT2D eigenvalue weighted by atomic mass is 10.2. The third kappa shape index (κ3) is 7.90. The molecule has 186 valence electrons. The van der Waals surface area contributed by atoms with Crippen LogP contribution >= 0.6 is 23.2 Å². The molecule has 0 aliphatic carbocycles. The molecule has 0 amide bonds. The summed E-state index contributed by atoms with van der Waals surface area (Å²) in [6.07, 6.45) is 0. The number of amidine groups is 2. The highest BCUT2D eigenvalue weighted by Crippen LogP contribution is 2.16. The molecule has 0 bridgehead atoms. The number of rotatable bonds is 9. The van der Waals surface area contributed by atoms with E-state index in [0.29, 0.717) is 40.5 Å². The molecule has 0 saturated heterocycles. The van der Waals surface area contributed by atoms with Gasteiger partial charge in [-0.1, -0.05) is 52.7 Å². The molecule has 0 heterocycles. The Morgan fingerprint density at radius 3 is 1.49 bits per heavy atom. The van der Waals surface area contributed by atoms with Crippen molar-refractivity contribution in [3.8, 4) is 0 Å². The number of halogens is 2. The van der Waals surface area contributed by atoms with E-state index in [2.05, 4.69) is 25.7 Å². The zero-order valence-corrected chi connectivity index (χ0v) is 21.4. The Labute approximate surface area is 225 Å². The van der Waals surface area contributed by atoms with Crippen LogP contribution in [0.5, 0.6) is 0 Å². The molecular formula is C28H25Cl2N7. The van der Waals surface area contributed by atoms with Gasteiger partial charge in [0.1, 0.15) is 11.7 Å². The van der Waals surface area contributed by atoms with Gasteiger partial charge in [0.25, 0.3) is 0 Å². The predicted molar refractivity (Wildman–Crippen MR) is 153 cm³/mol. The van der Waals surface area contributed by atoms with Gasteiger partial charge in [-0.15, -0.1) is 5.11 Å². The number of aliphatic imine (C=N–C) groups is 2. The summed E-state index contributed by atoms with van der Waals surface area (Å²) < 4.78 is 0. The highest BCUT2D eigenvalue weighted by molar-refractivity contribution is 6.30. The summed E-state index contributed by atoms with van der Waals surface area (Å²) >= 11 is 11.8. The van der Waals surface area contributed by atoms with E-state index in [4.69, 9.17) is 34.7 Å². The van der Waals surface area contributed by atoms with E-state index in [1.54, 1.807) is 0 Å². The minimum atomic E-state index is 0.452. The van der Waals surface area contributed by atoms with E-state index in [-0.39, 0.29) is 0 Å². The molecule has 0 unspecified atom stereocenters. The normalized spacial score (nSPS) is 12.2. The van der Waals surface area contributed by atoms with Crippen LogP contribution in [0.3, 0.4) is 0 Å². The maximum atomic E-state index is 6.13. The van der Waals surface area contributed by atoms with E-state index >= 15 is 0 Å². The number of benzene rings is 4. The summed E-state index contributed by atoms with van der Waals surface area (Å²) in [5.41, 5.74) is 20.3. The average molecular weight is 530 g/mol. The Morgan fingerprint density at radius 2 is 1.03 bits per heavy atom. The molecule has 0 aliphatic rings. The first-order valence-corrected chi connectivity index (χ1v) is 12.2. The molecule has 4 aromatic carbocycles. The molecule has 7 nitrogen and oxygen atoms in total. The van der Waals surface area contributed by atoms with Gasteiger partial charge in [0.05, 0.1) is 24.5 Å². The SMILES string of the molecule is NC(=NCc1ccc(Cl)cc1)c1ccc(N=NNc2ccc(C(N)=NCc3ccc(Cl)cc3)cc2)cc1. The van der Waals surface area contributed by atoms with Crippen molar-refractivity contribution in [2.24, 2.45) is 31.8 Å². The number of anilines is 1. The molecule has 0 spiro atoms. The summed E-state index contributed by atoms with van der Waals surface area (Å²) in [6, 6.07) is 29.9. The van der Waals surface area contributed by atoms with E-state index in [1.165, 1.54) is 0 Å². The van der Waals surface area contributed by atoms with Gasteiger partial charge in [0, 0.05) is 21.2 Å². The molecule has 0 atom stereocenters. The zero-order valence-electron chi connectivity index (χ0n) is 19.9. The van der Waals surface area contributed by atoms with Crippen molar-refractivity contribution in [3.05, 3.63) is 129 Å². The first-order chi connectivity index (χ1) is 18.0. The van der Waals surface area contributed by atoms with Crippen molar-refractivity contribution >= 4 is 46.2 Å². The van der Waals surface area contributed by atoms with Gasteiger partial charge in [-0.3, -0.25) is 15.4 Å². The smallest absolute Gasteiger partial charge is 0.125 e. The van der Waals surface area contributed by atoms with Crippen LogP contribution in [0.2, 0.25) is 10.0 Å². The molecule has 0 saturated carbocycles. The highest BCUT2D eigenvalue weighted by Gasteiger charge is 2.01. The fraction of sp³-hybridized carbons (Fsp3) is 0.0714. The number of nitrogens with two attached hydrogens (primary N) is 2. The average Bonchev–Trinajstić information content (AvgIpc) is 2.93. The maximum Gasteiger partial charge on any atom is 0.125 e. The molecule has 37 heavy (non-hydrogen) atoms. The third-order valence-corrected chi connectivity index (χ3v) is 5.88. The first-order valence-electron chi connectivity index (χ1n) is 11.4. The fourth-order valence-corrected chi connectivity index (χ4v) is 3.52. The summed E-state index contributed by atoms with van der Waals surface area (Å²) in [5.74, 6) is 0.909. The quantitative estimate of drug-likeness (QED) is 0.0945. The Morgan fingerprint density at radius 1 is 0.595 bits per heavy atom. The van der Waals surface area contributed by atoms with Gasteiger partial charge >= 0.3 is 0 Å². The Balaban J connectivity index is 1.29. The van der Waals surface area contributed by atoms with E-state index in [9.17, 15) is 0 Å². The van der Waals surface area contributed by atoms with Gasteiger partial charge < -0.3 is 11.5 Å². The first kappa shape index (κ1) is 25.9. The van der Waals surface area contributed by atoms with Gasteiger partial charge in [-0.2, -0.15) is 0 Å². The summed E-state index contributed by atoms with van der Waals surface area (Å²) in [6.45, 7) is 0.961. The van der Waals surface area contributed by atoms with Gasteiger partial charge in [0.15, 0.2) is 0 Å². The lowest BCUT2D eigenvalue weighted by Crippen LogP contribution is -2.13. The van der Waals surface area contributed by atoms with Crippen LogP contribution in [-0.4, -0.2) is 11.7 Å². The number of hydrogen-bond acceptors (Lipinski definition) is 4. The molecule has 0 radical (unpaired) electrons. The molecule has 0 aliphatic heterocycles. The summed E-state index contributed by atoms with van der Waals surface area (Å²) in [7, 11) is 0. The lowest BCUT2D eigenvalue weighted by Gasteiger charge is -2.04. The van der Waals surface area contributed by atoms with Gasteiger partial charge in [0.2, 0.25) is 0 Å². The van der Waals surface area contributed by atoms with Crippen molar-refractivity contribution in [2.75, 3.05) is 5.43 Å². The second-order valence-corrected chi connectivity index (χ2v) is 8.96. The molecule has 9 heteroatoms. The standard InChI is InChI=1S/C28H25Cl2N7/c29-23-9-1-19(2-10-23)17-33-27(31)21-5-13-25(14-6-21)35-37-36-26-15-7-22(8-16-26)28(32)34-18-20-3-11-24(30)12-4-20/h1-16H,17-18H2,(H2,31,33)(H2,32,34)(H,35,36). The van der Waals surface area contributed by atoms with Crippen LogP contribution in [0, 0.1) is 0 Å². The van der Waals surface area contributed by atoms with Crippen LogP contribution in [0.25, 0.3) is 0 Å². The van der Waals surface area contributed by atoms with Crippen molar-refractivity contribution in [1.29, 1.82) is 0 Å². The topological polar surface area (TPSA) is 114 Å². The third-order valence-electron chi connectivity index (χ3n) is 5.38. The second-order valence-electron chi connectivity index (χ2n) is 8.09. The number of nitrogens with zero attached hydrogens (tertiary/aromatic N) is 4. The Bertz CT molecular complexity index is 1400. The van der Waals surface area contributed by atoms with Crippen LogP contribution in [0.15, 0.2) is 117 Å².